The van der Waals surface area contributed by atoms with Gasteiger partial charge in [0.15, 0.2) is 0 Å². The van der Waals surface area contributed by atoms with Crippen LogP contribution in [0.25, 0.3) is 0 Å². The number of anilines is 1. The Labute approximate surface area is 171 Å². The van der Waals surface area contributed by atoms with Crippen LogP contribution in [0.4, 0.5) is 19.0 Å². The summed E-state index contributed by atoms with van der Waals surface area (Å²) in [5, 5.41) is 2.91. The number of nitrogens with zero attached hydrogens (tertiary/aromatic N) is 4. The summed E-state index contributed by atoms with van der Waals surface area (Å²) in [4.78, 5) is 23.6. The van der Waals surface area contributed by atoms with Gasteiger partial charge in [-0.05, 0) is 24.1 Å². The van der Waals surface area contributed by atoms with Gasteiger partial charge in [0.1, 0.15) is 23.6 Å². The lowest BCUT2D eigenvalue weighted by atomic mass is 9.87. The van der Waals surface area contributed by atoms with Crippen LogP contribution in [0.3, 0.4) is 0 Å². The molecule has 2 atom stereocenters. The molecule has 10 heteroatoms. The minimum atomic E-state index is -4.50. The van der Waals surface area contributed by atoms with Gasteiger partial charge in [-0.1, -0.05) is 12.1 Å². The van der Waals surface area contributed by atoms with E-state index in [9.17, 15) is 18.0 Å². The largest absolute Gasteiger partial charge is 0.497 e. The number of hydrogen-bond acceptors (Lipinski definition) is 6. The number of carbonyl (C=O) groups is 1. The molecule has 3 aliphatic rings. The number of nitrogens with one attached hydrogen (secondary N) is 1. The minimum absolute atomic E-state index is 0.0811. The van der Waals surface area contributed by atoms with E-state index in [1.165, 1.54) is 0 Å². The predicted molar refractivity (Wildman–Crippen MR) is 103 cm³/mol. The van der Waals surface area contributed by atoms with Crippen molar-refractivity contribution in [3.8, 4) is 5.75 Å². The second-order valence-corrected chi connectivity index (χ2v) is 7.51. The van der Waals surface area contributed by atoms with E-state index in [1.54, 1.807) is 7.11 Å². The molecule has 5 rings (SSSR count). The summed E-state index contributed by atoms with van der Waals surface area (Å²) in [6.07, 6.45) is -2.62. The van der Waals surface area contributed by atoms with Crippen LogP contribution in [0.5, 0.6) is 5.75 Å². The molecule has 4 heterocycles. The molecule has 1 aromatic carbocycles. The van der Waals surface area contributed by atoms with Gasteiger partial charge in [0.25, 0.3) is 0 Å². The highest BCUT2D eigenvalue weighted by Crippen LogP contribution is 2.35. The van der Waals surface area contributed by atoms with Gasteiger partial charge in [-0.2, -0.15) is 13.2 Å². The molecule has 2 aromatic rings. The maximum absolute atomic E-state index is 12.9. The molecule has 7 nitrogen and oxygen atoms in total. The van der Waals surface area contributed by atoms with Crippen LogP contribution in [0, 0.1) is 0 Å². The van der Waals surface area contributed by atoms with Crippen molar-refractivity contribution in [2.24, 2.45) is 0 Å². The first-order chi connectivity index (χ1) is 14.3. The SMILES string of the molecule is COc1cccc(CNC(=O)CN2C3CC2CN(c2cc(C(F)(F)F)ncn2)C3)c1. The molecule has 0 spiro atoms. The number of piperazine rings is 1. The van der Waals surface area contributed by atoms with Crippen LogP contribution in [-0.2, 0) is 17.5 Å². The predicted octanol–water partition coefficient (Wildman–Crippen LogP) is 2.08. The van der Waals surface area contributed by atoms with Crippen LogP contribution >= 0.6 is 0 Å². The fourth-order valence-corrected chi connectivity index (χ4v) is 4.01. The van der Waals surface area contributed by atoms with Gasteiger partial charge < -0.3 is 15.0 Å². The Bertz CT molecular complexity index is 911. The molecule has 2 unspecified atom stereocenters. The average molecular weight is 421 g/mol. The molecular weight excluding hydrogens is 399 g/mol. The number of benzene rings is 1. The zero-order chi connectivity index (χ0) is 21.3. The Morgan fingerprint density at radius 2 is 2.00 bits per heavy atom. The highest BCUT2D eigenvalue weighted by molar-refractivity contribution is 5.78. The molecule has 3 aliphatic heterocycles. The first-order valence-electron chi connectivity index (χ1n) is 9.63. The van der Waals surface area contributed by atoms with Gasteiger partial charge in [0.05, 0.1) is 13.7 Å². The fraction of sp³-hybridized carbons (Fsp3) is 0.450. The molecule has 3 fully saturated rings. The van der Waals surface area contributed by atoms with Crippen LogP contribution in [-0.4, -0.2) is 59.6 Å². The third-order valence-corrected chi connectivity index (χ3v) is 5.56. The number of rotatable bonds is 6. The van der Waals surface area contributed by atoms with E-state index in [4.69, 9.17) is 4.74 Å². The number of methoxy groups -OCH3 is 1. The molecule has 1 amide bonds. The van der Waals surface area contributed by atoms with Gasteiger partial charge in [0.2, 0.25) is 5.91 Å². The lowest BCUT2D eigenvalue weighted by molar-refractivity contribution is -0.141. The summed E-state index contributed by atoms with van der Waals surface area (Å²) in [6, 6.07) is 8.71. The summed E-state index contributed by atoms with van der Waals surface area (Å²) in [7, 11) is 1.59. The Morgan fingerprint density at radius 3 is 2.70 bits per heavy atom. The van der Waals surface area contributed by atoms with E-state index in [2.05, 4.69) is 20.2 Å². The Morgan fingerprint density at radius 1 is 1.23 bits per heavy atom. The van der Waals surface area contributed by atoms with Crippen LogP contribution < -0.4 is 15.0 Å². The van der Waals surface area contributed by atoms with Crippen LogP contribution in [0.2, 0.25) is 0 Å². The zero-order valence-electron chi connectivity index (χ0n) is 16.4. The molecule has 30 heavy (non-hydrogen) atoms. The van der Waals surface area contributed by atoms with Crippen molar-refractivity contribution in [2.75, 3.05) is 31.6 Å². The molecule has 2 bridgehead atoms. The number of halogens is 3. The number of piperidine rings is 1. The van der Waals surface area contributed by atoms with Crippen molar-refractivity contribution in [2.45, 2.75) is 31.2 Å². The minimum Gasteiger partial charge on any atom is -0.497 e. The van der Waals surface area contributed by atoms with E-state index in [0.29, 0.717) is 19.6 Å². The maximum atomic E-state index is 12.9. The Kier molecular flexibility index (Phi) is 5.50. The number of amides is 1. The van der Waals surface area contributed by atoms with E-state index < -0.39 is 11.9 Å². The van der Waals surface area contributed by atoms with Gasteiger partial charge in [-0.25, -0.2) is 9.97 Å². The molecule has 1 N–H and O–H groups in total. The number of alkyl halides is 3. The van der Waals surface area contributed by atoms with Gasteiger partial charge in [-0.3, -0.25) is 9.69 Å². The Balaban J connectivity index is 1.30. The molecule has 160 valence electrons. The summed E-state index contributed by atoms with van der Waals surface area (Å²) in [6.45, 7) is 1.75. The number of hydrogen-bond donors (Lipinski definition) is 1. The molecule has 0 saturated carbocycles. The third-order valence-electron chi connectivity index (χ3n) is 5.56. The number of ether oxygens (including phenoxy) is 1. The van der Waals surface area contributed by atoms with Gasteiger partial charge in [-0.15, -0.1) is 0 Å². The smallest absolute Gasteiger partial charge is 0.433 e. The van der Waals surface area contributed by atoms with Crippen molar-refractivity contribution >= 4 is 11.7 Å². The fourth-order valence-electron chi connectivity index (χ4n) is 4.01. The molecule has 0 radical (unpaired) electrons. The normalized spacial score (nSPS) is 21.1. The summed E-state index contributed by atoms with van der Waals surface area (Å²) >= 11 is 0. The van der Waals surface area contributed by atoms with Crippen molar-refractivity contribution in [3.05, 3.63) is 47.9 Å². The van der Waals surface area contributed by atoms with Crippen molar-refractivity contribution in [1.29, 1.82) is 0 Å². The van der Waals surface area contributed by atoms with Gasteiger partial charge in [0, 0.05) is 37.8 Å². The lowest BCUT2D eigenvalue weighted by Gasteiger charge is -2.56. The quantitative estimate of drug-likeness (QED) is 0.770. The Hall–Kier alpha value is -2.88. The zero-order valence-corrected chi connectivity index (χ0v) is 16.4. The van der Waals surface area contributed by atoms with E-state index >= 15 is 0 Å². The van der Waals surface area contributed by atoms with Crippen molar-refractivity contribution in [3.63, 3.8) is 0 Å². The summed E-state index contributed by atoms with van der Waals surface area (Å²) in [5.74, 6) is 0.925. The van der Waals surface area contributed by atoms with Crippen molar-refractivity contribution in [1.82, 2.24) is 20.2 Å². The van der Waals surface area contributed by atoms with Crippen LogP contribution in [0.1, 0.15) is 17.7 Å². The third kappa shape index (κ3) is 4.33. The van der Waals surface area contributed by atoms with Crippen molar-refractivity contribution < 1.29 is 22.7 Å². The van der Waals surface area contributed by atoms with E-state index in [1.807, 2.05) is 29.2 Å². The maximum Gasteiger partial charge on any atom is 0.433 e. The number of fused-ring (bicyclic) bond motifs is 2. The van der Waals surface area contributed by atoms with E-state index in [-0.39, 0.29) is 30.4 Å². The first-order valence-corrected chi connectivity index (χ1v) is 9.63. The first kappa shape index (κ1) is 20.4. The summed E-state index contributed by atoms with van der Waals surface area (Å²) in [5.41, 5.74) is 0.00225. The lowest BCUT2D eigenvalue weighted by Crippen LogP contribution is -2.70. The molecular formula is C20H22F3N5O2. The molecule has 3 saturated heterocycles. The molecule has 0 aliphatic carbocycles. The highest BCUT2D eigenvalue weighted by atomic mass is 19.4. The molecule has 1 aromatic heterocycles. The topological polar surface area (TPSA) is 70.6 Å². The highest BCUT2D eigenvalue weighted by Gasteiger charge is 2.45. The summed E-state index contributed by atoms with van der Waals surface area (Å²) < 4.78 is 43.9. The second-order valence-electron chi connectivity index (χ2n) is 7.51. The standard InChI is InChI=1S/C20H22F3N5O2/c1-30-16-4-2-3-13(5-16)8-24-19(29)11-28-14-6-15(28)10-27(9-14)18-7-17(20(21,22)23)25-12-26-18/h2-5,7,12,14-15H,6,8-11H2,1H3,(H,24,29). The number of aromatic nitrogens is 2. The average Bonchev–Trinajstić information content (AvgIpc) is 2.75. The monoisotopic (exact) mass is 421 g/mol. The van der Waals surface area contributed by atoms with E-state index in [0.717, 1.165) is 30.1 Å². The van der Waals surface area contributed by atoms with Gasteiger partial charge >= 0.3 is 6.18 Å². The number of carbonyl (C=O) groups excluding carboxylic acids is 1. The van der Waals surface area contributed by atoms with Crippen LogP contribution in [0.15, 0.2) is 36.7 Å². The second kappa shape index (κ2) is 8.10.